The summed E-state index contributed by atoms with van der Waals surface area (Å²) < 4.78 is 13.6. The molecule has 0 saturated carbocycles. The first-order chi connectivity index (χ1) is 7.95. The van der Waals surface area contributed by atoms with Crippen LogP contribution in [0, 0.1) is 11.7 Å². The molecule has 1 aromatic rings. The SMILES string of the molecule is CC(C)C(CN)NC(=O)c1ccc(Br)c(F)c1. The van der Waals surface area contributed by atoms with Crippen LogP contribution in [0.25, 0.3) is 0 Å². The van der Waals surface area contributed by atoms with Crippen LogP contribution >= 0.6 is 15.9 Å². The molecule has 1 rings (SSSR count). The maximum absolute atomic E-state index is 13.3. The molecule has 0 radical (unpaired) electrons. The minimum absolute atomic E-state index is 0.103. The highest BCUT2D eigenvalue weighted by molar-refractivity contribution is 9.10. The third-order valence-corrected chi connectivity index (χ3v) is 3.20. The summed E-state index contributed by atoms with van der Waals surface area (Å²) in [6.07, 6.45) is 0. The van der Waals surface area contributed by atoms with Gasteiger partial charge in [-0.15, -0.1) is 0 Å². The summed E-state index contributed by atoms with van der Waals surface area (Å²) in [6, 6.07) is 4.18. The number of benzene rings is 1. The first-order valence-corrected chi connectivity index (χ1v) is 6.21. The smallest absolute Gasteiger partial charge is 0.251 e. The van der Waals surface area contributed by atoms with Gasteiger partial charge < -0.3 is 11.1 Å². The highest BCUT2D eigenvalue weighted by atomic mass is 79.9. The van der Waals surface area contributed by atoms with Gasteiger partial charge in [-0.1, -0.05) is 13.8 Å². The van der Waals surface area contributed by atoms with E-state index in [1.165, 1.54) is 12.1 Å². The average Bonchev–Trinajstić information content (AvgIpc) is 2.28. The number of carbonyl (C=O) groups is 1. The van der Waals surface area contributed by atoms with Gasteiger partial charge in [0.2, 0.25) is 0 Å². The molecule has 1 aromatic carbocycles. The van der Waals surface area contributed by atoms with Crippen molar-refractivity contribution in [3.63, 3.8) is 0 Å². The molecule has 0 spiro atoms. The Bertz CT molecular complexity index is 409. The molecule has 5 heteroatoms. The van der Waals surface area contributed by atoms with E-state index in [2.05, 4.69) is 21.2 Å². The molecule has 1 amide bonds. The van der Waals surface area contributed by atoms with Crippen molar-refractivity contribution in [2.45, 2.75) is 19.9 Å². The lowest BCUT2D eigenvalue weighted by Crippen LogP contribution is -2.43. The van der Waals surface area contributed by atoms with Crippen molar-refractivity contribution in [1.29, 1.82) is 0 Å². The van der Waals surface area contributed by atoms with Crippen molar-refractivity contribution in [3.05, 3.63) is 34.1 Å². The zero-order valence-corrected chi connectivity index (χ0v) is 11.4. The Kier molecular flexibility index (Phi) is 5.08. The lowest BCUT2D eigenvalue weighted by atomic mass is 10.0. The van der Waals surface area contributed by atoms with E-state index >= 15 is 0 Å². The Hall–Kier alpha value is -0.940. The predicted molar refractivity (Wildman–Crippen MR) is 69.2 cm³/mol. The number of nitrogens with two attached hydrogens (primary N) is 1. The Morgan fingerprint density at radius 1 is 1.53 bits per heavy atom. The molecule has 1 atom stereocenters. The molecular weight excluding hydrogens is 287 g/mol. The van der Waals surface area contributed by atoms with Crippen molar-refractivity contribution in [2.24, 2.45) is 11.7 Å². The minimum Gasteiger partial charge on any atom is -0.348 e. The van der Waals surface area contributed by atoms with Gasteiger partial charge in [-0.05, 0) is 40.0 Å². The number of amides is 1. The monoisotopic (exact) mass is 302 g/mol. The summed E-state index contributed by atoms with van der Waals surface area (Å²) in [5.74, 6) is -0.517. The second-order valence-corrected chi connectivity index (χ2v) is 5.04. The number of carbonyl (C=O) groups excluding carboxylic acids is 1. The number of rotatable bonds is 4. The minimum atomic E-state index is -0.452. The van der Waals surface area contributed by atoms with Crippen molar-refractivity contribution >= 4 is 21.8 Å². The molecule has 17 heavy (non-hydrogen) atoms. The van der Waals surface area contributed by atoms with Crippen LogP contribution < -0.4 is 11.1 Å². The van der Waals surface area contributed by atoms with Crippen LogP contribution in [0.4, 0.5) is 4.39 Å². The maximum atomic E-state index is 13.3. The molecule has 0 aliphatic heterocycles. The zero-order valence-electron chi connectivity index (χ0n) is 9.84. The van der Waals surface area contributed by atoms with E-state index in [0.717, 1.165) is 0 Å². The number of nitrogens with one attached hydrogen (secondary N) is 1. The van der Waals surface area contributed by atoms with Crippen molar-refractivity contribution < 1.29 is 9.18 Å². The summed E-state index contributed by atoms with van der Waals surface area (Å²) in [5, 5.41) is 2.78. The Morgan fingerprint density at radius 2 is 2.18 bits per heavy atom. The van der Waals surface area contributed by atoms with Crippen LogP contribution in [0.15, 0.2) is 22.7 Å². The molecule has 0 aliphatic carbocycles. The fraction of sp³-hybridized carbons (Fsp3) is 0.417. The van der Waals surface area contributed by atoms with Gasteiger partial charge in [0.05, 0.1) is 4.47 Å². The topological polar surface area (TPSA) is 55.1 Å². The van der Waals surface area contributed by atoms with E-state index < -0.39 is 5.82 Å². The first-order valence-electron chi connectivity index (χ1n) is 5.41. The van der Waals surface area contributed by atoms with Gasteiger partial charge in [-0.2, -0.15) is 0 Å². The molecule has 0 heterocycles. The predicted octanol–water partition coefficient (Wildman–Crippen LogP) is 2.30. The van der Waals surface area contributed by atoms with Gasteiger partial charge in [0.25, 0.3) is 5.91 Å². The van der Waals surface area contributed by atoms with Crippen molar-refractivity contribution in [1.82, 2.24) is 5.32 Å². The van der Waals surface area contributed by atoms with E-state index in [9.17, 15) is 9.18 Å². The van der Waals surface area contributed by atoms with Gasteiger partial charge in [0.15, 0.2) is 0 Å². The summed E-state index contributed by atoms with van der Waals surface area (Å²) in [6.45, 7) is 4.31. The molecule has 0 bridgehead atoms. The van der Waals surface area contributed by atoms with Gasteiger partial charge in [0, 0.05) is 18.2 Å². The molecule has 3 nitrogen and oxygen atoms in total. The normalized spacial score (nSPS) is 12.6. The third-order valence-electron chi connectivity index (χ3n) is 2.56. The fourth-order valence-corrected chi connectivity index (χ4v) is 1.63. The van der Waals surface area contributed by atoms with E-state index in [1.54, 1.807) is 6.07 Å². The standard InChI is InChI=1S/C12H16BrFN2O/c1-7(2)11(6-15)16-12(17)8-3-4-9(13)10(14)5-8/h3-5,7,11H,6,15H2,1-2H3,(H,16,17). The summed E-state index contributed by atoms with van der Waals surface area (Å²) in [5.41, 5.74) is 5.85. The van der Waals surface area contributed by atoms with Crippen molar-refractivity contribution in [2.75, 3.05) is 6.54 Å². The summed E-state index contributed by atoms with van der Waals surface area (Å²) in [4.78, 5) is 11.8. The molecule has 0 aromatic heterocycles. The van der Waals surface area contributed by atoms with E-state index in [0.29, 0.717) is 16.6 Å². The van der Waals surface area contributed by atoms with Crippen molar-refractivity contribution in [3.8, 4) is 0 Å². The Balaban J connectivity index is 2.79. The quantitative estimate of drug-likeness (QED) is 0.897. The van der Waals surface area contributed by atoms with E-state index in [-0.39, 0.29) is 17.9 Å². The van der Waals surface area contributed by atoms with Crippen LogP contribution in [0.2, 0.25) is 0 Å². The Labute approximate surface area is 109 Å². The molecule has 1 unspecified atom stereocenters. The van der Waals surface area contributed by atoms with Crippen LogP contribution in [-0.2, 0) is 0 Å². The van der Waals surface area contributed by atoms with Gasteiger partial charge in [-0.25, -0.2) is 4.39 Å². The summed E-state index contributed by atoms with van der Waals surface area (Å²) in [7, 11) is 0. The van der Waals surface area contributed by atoms with E-state index in [1.807, 2.05) is 13.8 Å². The van der Waals surface area contributed by atoms with Crippen LogP contribution in [0.5, 0.6) is 0 Å². The molecule has 0 aliphatic rings. The number of halogens is 2. The lowest BCUT2D eigenvalue weighted by molar-refractivity contribution is 0.0927. The highest BCUT2D eigenvalue weighted by Crippen LogP contribution is 2.16. The molecule has 0 saturated heterocycles. The number of hydrogen-bond acceptors (Lipinski definition) is 2. The third kappa shape index (κ3) is 3.78. The van der Waals surface area contributed by atoms with Gasteiger partial charge >= 0.3 is 0 Å². The molecule has 94 valence electrons. The highest BCUT2D eigenvalue weighted by Gasteiger charge is 2.16. The fourth-order valence-electron chi connectivity index (χ4n) is 1.39. The second kappa shape index (κ2) is 6.12. The lowest BCUT2D eigenvalue weighted by Gasteiger charge is -2.20. The summed E-state index contributed by atoms with van der Waals surface area (Å²) >= 11 is 3.04. The van der Waals surface area contributed by atoms with E-state index in [4.69, 9.17) is 5.73 Å². The number of hydrogen-bond donors (Lipinski definition) is 2. The Morgan fingerprint density at radius 3 is 2.65 bits per heavy atom. The largest absolute Gasteiger partial charge is 0.348 e. The first kappa shape index (κ1) is 14.1. The molecule has 3 N–H and O–H groups in total. The van der Waals surface area contributed by atoms with Crippen LogP contribution in [0.1, 0.15) is 24.2 Å². The van der Waals surface area contributed by atoms with Gasteiger partial charge in [0.1, 0.15) is 5.82 Å². The molecular formula is C12H16BrFN2O. The van der Waals surface area contributed by atoms with Crippen LogP contribution in [0.3, 0.4) is 0 Å². The van der Waals surface area contributed by atoms with Crippen LogP contribution in [-0.4, -0.2) is 18.5 Å². The molecule has 0 fully saturated rings. The van der Waals surface area contributed by atoms with Gasteiger partial charge in [-0.3, -0.25) is 4.79 Å². The maximum Gasteiger partial charge on any atom is 0.251 e. The zero-order chi connectivity index (χ0) is 13.0. The second-order valence-electron chi connectivity index (χ2n) is 4.19. The average molecular weight is 303 g/mol.